The van der Waals surface area contributed by atoms with Gasteiger partial charge in [-0.3, -0.25) is 0 Å². The first-order valence-electron chi connectivity index (χ1n) is 9.96. The molecule has 1 atom stereocenters. The summed E-state index contributed by atoms with van der Waals surface area (Å²) in [5.74, 6) is 0.992. The molecule has 152 valence electrons. The van der Waals surface area contributed by atoms with Gasteiger partial charge in [0.25, 0.3) is 0 Å². The zero-order chi connectivity index (χ0) is 20.5. The van der Waals surface area contributed by atoms with E-state index in [1.165, 1.54) is 11.6 Å². The van der Waals surface area contributed by atoms with Gasteiger partial charge in [0.15, 0.2) is 11.5 Å². The quantitative estimate of drug-likeness (QED) is 0.492. The Hall–Kier alpha value is -2.85. The van der Waals surface area contributed by atoms with Gasteiger partial charge in [-0.05, 0) is 49.1 Å². The molecule has 0 aromatic heterocycles. The maximum Gasteiger partial charge on any atom is 0.161 e. The standard InChI is InChI=1S/C25H28FNO2/c1-19(12-13-20-8-4-3-5-9-20)27-17-21-14-15-24(25(16-21)28-2)29-18-22-10-6-7-11-23(22)26/h3-11,14-16,19,27H,12-13,17-18H2,1-2H3/t19-/m1/s1. The van der Waals surface area contributed by atoms with Crippen LogP contribution < -0.4 is 14.8 Å². The van der Waals surface area contributed by atoms with E-state index in [0.717, 1.165) is 24.9 Å². The van der Waals surface area contributed by atoms with Crippen molar-refractivity contribution < 1.29 is 13.9 Å². The Labute approximate surface area is 172 Å². The van der Waals surface area contributed by atoms with E-state index in [2.05, 4.69) is 36.5 Å². The van der Waals surface area contributed by atoms with E-state index >= 15 is 0 Å². The van der Waals surface area contributed by atoms with Crippen LogP contribution in [0.5, 0.6) is 11.5 Å². The van der Waals surface area contributed by atoms with Crippen molar-refractivity contribution in [1.82, 2.24) is 5.32 Å². The van der Waals surface area contributed by atoms with Crippen molar-refractivity contribution in [3.05, 3.63) is 95.3 Å². The Bertz CT molecular complexity index is 898. The van der Waals surface area contributed by atoms with Crippen molar-refractivity contribution >= 4 is 0 Å². The van der Waals surface area contributed by atoms with Crippen LogP contribution in [0.4, 0.5) is 4.39 Å². The lowest BCUT2D eigenvalue weighted by Gasteiger charge is -2.16. The van der Waals surface area contributed by atoms with Crippen LogP contribution in [0.3, 0.4) is 0 Å². The summed E-state index contributed by atoms with van der Waals surface area (Å²) in [6.07, 6.45) is 2.13. The second kappa shape index (κ2) is 10.6. The Morgan fingerprint density at radius 1 is 0.897 bits per heavy atom. The summed E-state index contributed by atoms with van der Waals surface area (Å²) < 4.78 is 25.0. The SMILES string of the molecule is COc1cc(CN[C@H](C)CCc2ccccc2)ccc1OCc1ccccc1F. The maximum absolute atomic E-state index is 13.8. The van der Waals surface area contributed by atoms with Crippen LogP contribution in [0, 0.1) is 5.82 Å². The fourth-order valence-electron chi connectivity index (χ4n) is 3.13. The van der Waals surface area contributed by atoms with E-state index in [1.54, 1.807) is 25.3 Å². The summed E-state index contributed by atoms with van der Waals surface area (Å²) in [7, 11) is 1.62. The van der Waals surface area contributed by atoms with Gasteiger partial charge in [-0.15, -0.1) is 0 Å². The van der Waals surface area contributed by atoms with Crippen LogP contribution in [0.15, 0.2) is 72.8 Å². The van der Waals surface area contributed by atoms with E-state index < -0.39 is 0 Å². The molecule has 0 bridgehead atoms. The van der Waals surface area contributed by atoms with Gasteiger partial charge in [0, 0.05) is 18.2 Å². The summed E-state index contributed by atoms with van der Waals surface area (Å²) >= 11 is 0. The van der Waals surface area contributed by atoms with E-state index in [0.29, 0.717) is 23.1 Å². The van der Waals surface area contributed by atoms with Crippen LogP contribution in [0.1, 0.15) is 30.0 Å². The first-order chi connectivity index (χ1) is 14.2. The van der Waals surface area contributed by atoms with E-state index in [1.807, 2.05) is 24.3 Å². The van der Waals surface area contributed by atoms with E-state index in [4.69, 9.17) is 9.47 Å². The highest BCUT2D eigenvalue weighted by molar-refractivity contribution is 5.43. The zero-order valence-corrected chi connectivity index (χ0v) is 17.0. The molecule has 0 fully saturated rings. The summed E-state index contributed by atoms with van der Waals surface area (Å²) in [4.78, 5) is 0. The lowest BCUT2D eigenvalue weighted by atomic mass is 10.1. The fraction of sp³-hybridized carbons (Fsp3) is 0.280. The van der Waals surface area contributed by atoms with Gasteiger partial charge in [0.05, 0.1) is 7.11 Å². The molecular weight excluding hydrogens is 365 g/mol. The molecule has 3 aromatic rings. The molecule has 0 saturated heterocycles. The predicted molar refractivity (Wildman–Crippen MR) is 115 cm³/mol. The highest BCUT2D eigenvalue weighted by Gasteiger charge is 2.09. The molecule has 0 aliphatic heterocycles. The first kappa shape index (κ1) is 20.9. The van der Waals surface area contributed by atoms with Crippen molar-refractivity contribution in [3.63, 3.8) is 0 Å². The number of hydrogen-bond donors (Lipinski definition) is 1. The fourth-order valence-corrected chi connectivity index (χ4v) is 3.13. The third-order valence-corrected chi connectivity index (χ3v) is 4.93. The minimum atomic E-state index is -0.267. The Morgan fingerprint density at radius 3 is 2.41 bits per heavy atom. The third kappa shape index (κ3) is 6.33. The zero-order valence-electron chi connectivity index (χ0n) is 17.0. The van der Waals surface area contributed by atoms with Crippen molar-refractivity contribution in [3.8, 4) is 11.5 Å². The number of hydrogen-bond acceptors (Lipinski definition) is 3. The lowest BCUT2D eigenvalue weighted by Crippen LogP contribution is -2.26. The molecular formula is C25H28FNO2. The Kier molecular flexibility index (Phi) is 7.65. The molecule has 3 aromatic carbocycles. The van der Waals surface area contributed by atoms with Crippen molar-refractivity contribution in [1.29, 1.82) is 0 Å². The molecule has 0 aliphatic rings. The van der Waals surface area contributed by atoms with Crippen molar-refractivity contribution in [2.24, 2.45) is 0 Å². The van der Waals surface area contributed by atoms with Gasteiger partial charge in [0.2, 0.25) is 0 Å². The van der Waals surface area contributed by atoms with Gasteiger partial charge in [-0.2, -0.15) is 0 Å². The molecule has 0 spiro atoms. The number of halogens is 1. The topological polar surface area (TPSA) is 30.5 Å². The summed E-state index contributed by atoms with van der Waals surface area (Å²) in [5, 5.41) is 3.56. The number of benzene rings is 3. The largest absolute Gasteiger partial charge is 0.493 e. The summed E-state index contributed by atoms with van der Waals surface area (Å²) in [6.45, 7) is 3.11. The van der Waals surface area contributed by atoms with Crippen LogP contribution in [0.25, 0.3) is 0 Å². The molecule has 0 saturated carbocycles. The molecule has 0 amide bonds. The highest BCUT2D eigenvalue weighted by atomic mass is 19.1. The molecule has 29 heavy (non-hydrogen) atoms. The van der Waals surface area contributed by atoms with Crippen molar-refractivity contribution in [2.45, 2.75) is 39.0 Å². The van der Waals surface area contributed by atoms with Gasteiger partial charge < -0.3 is 14.8 Å². The highest BCUT2D eigenvalue weighted by Crippen LogP contribution is 2.29. The smallest absolute Gasteiger partial charge is 0.161 e. The van der Waals surface area contributed by atoms with Crippen LogP contribution in [0.2, 0.25) is 0 Å². The third-order valence-electron chi connectivity index (χ3n) is 4.93. The molecule has 3 rings (SSSR count). The van der Waals surface area contributed by atoms with E-state index in [-0.39, 0.29) is 12.4 Å². The molecule has 0 aliphatic carbocycles. The minimum Gasteiger partial charge on any atom is -0.493 e. The number of methoxy groups -OCH3 is 1. The second-order valence-electron chi connectivity index (χ2n) is 7.17. The summed E-state index contributed by atoms with van der Waals surface area (Å²) in [5.41, 5.74) is 3.00. The number of ether oxygens (including phenoxy) is 2. The van der Waals surface area contributed by atoms with E-state index in [9.17, 15) is 4.39 Å². The summed E-state index contributed by atoms with van der Waals surface area (Å²) in [6, 6.07) is 23.4. The molecule has 0 heterocycles. The number of aryl methyl sites for hydroxylation is 1. The van der Waals surface area contributed by atoms with Gasteiger partial charge in [-0.1, -0.05) is 54.6 Å². The van der Waals surface area contributed by atoms with Gasteiger partial charge in [0.1, 0.15) is 12.4 Å². The lowest BCUT2D eigenvalue weighted by molar-refractivity contribution is 0.279. The first-order valence-corrected chi connectivity index (χ1v) is 9.96. The Morgan fingerprint density at radius 2 is 1.66 bits per heavy atom. The monoisotopic (exact) mass is 393 g/mol. The van der Waals surface area contributed by atoms with Crippen LogP contribution in [-0.4, -0.2) is 13.2 Å². The molecule has 1 N–H and O–H groups in total. The molecule has 0 unspecified atom stereocenters. The van der Waals surface area contributed by atoms with Gasteiger partial charge in [-0.25, -0.2) is 4.39 Å². The molecule has 4 heteroatoms. The van der Waals surface area contributed by atoms with Crippen LogP contribution >= 0.6 is 0 Å². The average molecular weight is 394 g/mol. The second-order valence-corrected chi connectivity index (χ2v) is 7.17. The van der Waals surface area contributed by atoms with Crippen LogP contribution in [-0.2, 0) is 19.6 Å². The number of rotatable bonds is 10. The Balaban J connectivity index is 1.52. The average Bonchev–Trinajstić information content (AvgIpc) is 2.76. The maximum atomic E-state index is 13.8. The minimum absolute atomic E-state index is 0.164. The number of nitrogens with one attached hydrogen (secondary N) is 1. The van der Waals surface area contributed by atoms with Gasteiger partial charge >= 0.3 is 0 Å². The van der Waals surface area contributed by atoms with Crippen molar-refractivity contribution in [2.75, 3.05) is 7.11 Å². The normalized spacial score (nSPS) is 11.8. The molecule has 0 radical (unpaired) electrons. The predicted octanol–water partition coefficient (Wildman–Crippen LogP) is 5.52. The molecule has 3 nitrogen and oxygen atoms in total.